The van der Waals surface area contributed by atoms with Gasteiger partial charge in [-0.25, -0.2) is 0 Å². The van der Waals surface area contributed by atoms with Crippen LogP contribution >= 0.6 is 11.3 Å². The Hall–Kier alpha value is -1.81. The number of fused-ring (bicyclic) bond motifs is 1. The molecule has 0 unspecified atom stereocenters. The zero-order chi connectivity index (χ0) is 18.0. The molecule has 0 amide bonds. The monoisotopic (exact) mass is 362 g/mol. The van der Waals surface area contributed by atoms with Crippen molar-refractivity contribution < 1.29 is 13.2 Å². The molecule has 0 aliphatic heterocycles. The molecule has 2 aromatic carbocycles. The standard InChI is InChI=1S/C21H21F3S/c1-3-5-14-7-9-15(10-8-14)18-13-17-12-11-16(6-4-2)19(20(17)25-18)21(22,23)24/h7-13H,3-6H2,1-2H3. The lowest BCUT2D eigenvalue weighted by Crippen LogP contribution is -2.09. The van der Waals surface area contributed by atoms with Gasteiger partial charge in [0.15, 0.2) is 0 Å². The van der Waals surface area contributed by atoms with Gasteiger partial charge in [-0.3, -0.25) is 0 Å². The maximum Gasteiger partial charge on any atom is 0.418 e. The Morgan fingerprint density at radius 1 is 0.880 bits per heavy atom. The van der Waals surface area contributed by atoms with Gasteiger partial charge in [-0.15, -0.1) is 11.3 Å². The van der Waals surface area contributed by atoms with Crippen LogP contribution in [-0.4, -0.2) is 0 Å². The Morgan fingerprint density at radius 3 is 2.16 bits per heavy atom. The second kappa shape index (κ2) is 7.20. The van der Waals surface area contributed by atoms with Gasteiger partial charge in [-0.2, -0.15) is 13.2 Å². The van der Waals surface area contributed by atoms with Crippen LogP contribution in [0.5, 0.6) is 0 Å². The number of aryl methyl sites for hydroxylation is 2. The molecule has 1 aromatic heterocycles. The highest BCUT2D eigenvalue weighted by Crippen LogP contribution is 2.43. The highest BCUT2D eigenvalue weighted by molar-refractivity contribution is 7.22. The predicted molar refractivity (Wildman–Crippen MR) is 100 cm³/mol. The summed E-state index contributed by atoms with van der Waals surface area (Å²) in [6.07, 6.45) is -1.07. The Morgan fingerprint density at radius 2 is 1.56 bits per heavy atom. The van der Waals surface area contributed by atoms with E-state index >= 15 is 0 Å². The van der Waals surface area contributed by atoms with Crippen LogP contribution in [0.3, 0.4) is 0 Å². The van der Waals surface area contributed by atoms with Crippen LogP contribution < -0.4 is 0 Å². The Bertz CT molecular complexity index is 857. The van der Waals surface area contributed by atoms with E-state index in [2.05, 4.69) is 19.1 Å². The quantitative estimate of drug-likeness (QED) is 0.441. The number of benzene rings is 2. The molecule has 0 N–H and O–H groups in total. The van der Waals surface area contributed by atoms with Crippen molar-refractivity contribution in [1.82, 2.24) is 0 Å². The summed E-state index contributed by atoms with van der Waals surface area (Å²) in [4.78, 5) is 0.886. The molecule has 0 saturated carbocycles. The number of hydrogen-bond donors (Lipinski definition) is 0. The van der Waals surface area contributed by atoms with Crippen LogP contribution in [0.1, 0.15) is 43.4 Å². The third kappa shape index (κ3) is 3.74. The third-order valence-corrected chi connectivity index (χ3v) is 5.57. The van der Waals surface area contributed by atoms with Crippen LogP contribution in [0, 0.1) is 0 Å². The molecule has 0 aliphatic rings. The van der Waals surface area contributed by atoms with Gasteiger partial charge < -0.3 is 0 Å². The van der Waals surface area contributed by atoms with Crippen LogP contribution in [-0.2, 0) is 19.0 Å². The van der Waals surface area contributed by atoms with Crippen molar-refractivity contribution in [2.24, 2.45) is 0 Å². The Balaban J connectivity index is 2.10. The van der Waals surface area contributed by atoms with Gasteiger partial charge in [0.25, 0.3) is 0 Å². The second-order valence-electron chi connectivity index (χ2n) is 6.32. The van der Waals surface area contributed by atoms with E-state index in [1.807, 2.05) is 31.2 Å². The van der Waals surface area contributed by atoms with Crippen LogP contribution in [0.15, 0.2) is 42.5 Å². The lowest BCUT2D eigenvalue weighted by Gasteiger charge is -2.13. The summed E-state index contributed by atoms with van der Waals surface area (Å²) in [5.41, 5.74) is 2.18. The Kier molecular flexibility index (Phi) is 5.19. The number of thiophene rings is 1. The third-order valence-electron chi connectivity index (χ3n) is 4.35. The highest BCUT2D eigenvalue weighted by atomic mass is 32.1. The number of hydrogen-bond acceptors (Lipinski definition) is 1. The molecule has 0 fully saturated rings. The van der Waals surface area contributed by atoms with E-state index in [1.54, 1.807) is 6.07 Å². The fourth-order valence-electron chi connectivity index (χ4n) is 3.20. The summed E-state index contributed by atoms with van der Waals surface area (Å²) in [7, 11) is 0. The smallest absolute Gasteiger partial charge is 0.166 e. The first-order valence-electron chi connectivity index (χ1n) is 8.66. The summed E-state index contributed by atoms with van der Waals surface area (Å²) < 4.78 is 41.3. The molecule has 1 heterocycles. The van der Waals surface area contributed by atoms with Crippen molar-refractivity contribution in [2.75, 3.05) is 0 Å². The molecule has 0 atom stereocenters. The lowest BCUT2D eigenvalue weighted by atomic mass is 10.0. The Labute approximate surface area is 150 Å². The van der Waals surface area contributed by atoms with Crippen molar-refractivity contribution in [1.29, 1.82) is 0 Å². The molecule has 0 nitrogen and oxygen atoms in total. The minimum absolute atomic E-state index is 0.353. The van der Waals surface area contributed by atoms with Crippen molar-refractivity contribution in [2.45, 2.75) is 45.7 Å². The topological polar surface area (TPSA) is 0 Å². The number of rotatable bonds is 5. The average Bonchev–Trinajstić information content (AvgIpc) is 2.98. The van der Waals surface area contributed by atoms with E-state index in [-0.39, 0.29) is 0 Å². The van der Waals surface area contributed by atoms with E-state index < -0.39 is 11.7 Å². The molecule has 0 radical (unpaired) electrons. The molecule has 0 saturated heterocycles. The van der Waals surface area contributed by atoms with Gasteiger partial charge in [0.2, 0.25) is 0 Å². The number of halogens is 3. The van der Waals surface area contributed by atoms with E-state index in [9.17, 15) is 13.2 Å². The molecule has 3 aromatic rings. The van der Waals surface area contributed by atoms with Gasteiger partial charge >= 0.3 is 6.18 Å². The van der Waals surface area contributed by atoms with Crippen LogP contribution in [0.2, 0.25) is 0 Å². The van der Waals surface area contributed by atoms with Crippen molar-refractivity contribution in [3.8, 4) is 10.4 Å². The average molecular weight is 362 g/mol. The summed E-state index contributed by atoms with van der Waals surface area (Å²) in [6.45, 7) is 4.04. The van der Waals surface area contributed by atoms with E-state index in [1.165, 1.54) is 16.9 Å². The molecular formula is C21H21F3S. The minimum Gasteiger partial charge on any atom is -0.166 e. The van der Waals surface area contributed by atoms with Gasteiger partial charge in [0.05, 0.1) is 5.56 Å². The fourth-order valence-corrected chi connectivity index (χ4v) is 4.45. The van der Waals surface area contributed by atoms with Gasteiger partial charge in [-0.1, -0.05) is 63.1 Å². The van der Waals surface area contributed by atoms with Crippen molar-refractivity contribution in [3.05, 3.63) is 59.2 Å². The molecule has 4 heteroatoms. The fraction of sp³-hybridized carbons (Fsp3) is 0.333. The summed E-state index contributed by atoms with van der Waals surface area (Å²) >= 11 is 1.24. The molecule has 132 valence electrons. The highest BCUT2D eigenvalue weighted by Gasteiger charge is 2.36. The van der Waals surface area contributed by atoms with E-state index in [0.717, 1.165) is 23.3 Å². The van der Waals surface area contributed by atoms with Crippen LogP contribution in [0.25, 0.3) is 20.5 Å². The van der Waals surface area contributed by atoms with E-state index in [0.29, 0.717) is 28.5 Å². The maximum absolute atomic E-state index is 13.7. The minimum atomic E-state index is -4.32. The molecular weight excluding hydrogens is 341 g/mol. The van der Waals surface area contributed by atoms with E-state index in [4.69, 9.17) is 0 Å². The van der Waals surface area contributed by atoms with Crippen molar-refractivity contribution >= 4 is 21.4 Å². The molecule has 0 spiro atoms. The van der Waals surface area contributed by atoms with Crippen molar-refractivity contribution in [3.63, 3.8) is 0 Å². The largest absolute Gasteiger partial charge is 0.418 e. The molecule has 3 rings (SSSR count). The molecule has 0 aliphatic carbocycles. The normalized spacial score (nSPS) is 12.0. The first-order chi connectivity index (χ1) is 11.9. The molecule has 25 heavy (non-hydrogen) atoms. The zero-order valence-electron chi connectivity index (χ0n) is 14.4. The van der Waals surface area contributed by atoms with Gasteiger partial charge in [0, 0.05) is 9.58 Å². The van der Waals surface area contributed by atoms with Crippen LogP contribution in [0.4, 0.5) is 13.2 Å². The maximum atomic E-state index is 13.7. The molecule has 0 bridgehead atoms. The predicted octanol–water partition coefficient (Wildman–Crippen LogP) is 7.49. The first kappa shape index (κ1) is 18.0. The first-order valence-corrected chi connectivity index (χ1v) is 9.47. The zero-order valence-corrected chi connectivity index (χ0v) is 15.2. The number of alkyl halides is 3. The van der Waals surface area contributed by atoms with Gasteiger partial charge in [-0.05, 0) is 41.0 Å². The second-order valence-corrected chi connectivity index (χ2v) is 7.38. The summed E-state index contributed by atoms with van der Waals surface area (Å²) in [5.74, 6) is 0. The summed E-state index contributed by atoms with van der Waals surface area (Å²) in [6, 6.07) is 13.5. The lowest BCUT2D eigenvalue weighted by molar-refractivity contribution is -0.136. The summed E-state index contributed by atoms with van der Waals surface area (Å²) in [5, 5.41) is 0.671. The SMILES string of the molecule is CCCc1ccc(-c2cc3ccc(CCC)c(C(F)(F)F)c3s2)cc1. The van der Waals surface area contributed by atoms with Gasteiger partial charge in [0.1, 0.15) is 0 Å².